The van der Waals surface area contributed by atoms with Crippen LogP contribution in [0.15, 0.2) is 16.7 Å². The highest BCUT2D eigenvalue weighted by Crippen LogP contribution is 2.25. The molecule has 1 aliphatic rings. The molecule has 0 saturated heterocycles. The predicted molar refractivity (Wildman–Crippen MR) is 86.6 cm³/mol. The van der Waals surface area contributed by atoms with E-state index in [1.54, 1.807) is 12.3 Å². The van der Waals surface area contributed by atoms with Crippen LogP contribution in [0.1, 0.15) is 43.5 Å². The number of anilines is 1. The number of pyridine rings is 1. The lowest BCUT2D eigenvalue weighted by Crippen LogP contribution is -2.48. The van der Waals surface area contributed by atoms with Gasteiger partial charge in [-0.15, -0.1) is 0 Å². The van der Waals surface area contributed by atoms with Crippen molar-refractivity contribution in [3.05, 3.63) is 22.3 Å². The Kier molecular flexibility index (Phi) is 5.99. The van der Waals surface area contributed by atoms with Gasteiger partial charge < -0.3 is 15.4 Å². The summed E-state index contributed by atoms with van der Waals surface area (Å²) in [6, 6.07) is 2.01. The molecule has 2 rings (SSSR count). The van der Waals surface area contributed by atoms with Crippen LogP contribution in [-0.4, -0.2) is 36.2 Å². The molecule has 0 aromatic carbocycles. The van der Waals surface area contributed by atoms with Crippen molar-refractivity contribution in [3.8, 4) is 0 Å². The number of amides is 1. The number of halogens is 1. The number of hydrogen-bond donors (Lipinski definition) is 2. The molecule has 116 valence electrons. The lowest BCUT2D eigenvalue weighted by atomic mass is 9.89. The van der Waals surface area contributed by atoms with E-state index in [9.17, 15) is 4.79 Å². The maximum atomic E-state index is 12.4. The van der Waals surface area contributed by atoms with Crippen molar-refractivity contribution in [2.45, 2.75) is 45.3 Å². The third-order valence-corrected chi connectivity index (χ3v) is 3.91. The highest BCUT2D eigenvalue weighted by molar-refractivity contribution is 9.10. The minimum Gasteiger partial charge on any atom is -0.378 e. The van der Waals surface area contributed by atoms with E-state index in [0.717, 1.165) is 36.9 Å². The van der Waals surface area contributed by atoms with Crippen LogP contribution in [0.25, 0.3) is 0 Å². The van der Waals surface area contributed by atoms with Crippen molar-refractivity contribution >= 4 is 27.7 Å². The summed E-state index contributed by atoms with van der Waals surface area (Å²) in [6.07, 6.45) is 4.75. The molecular weight excluding hydrogens is 334 g/mol. The molecule has 5 nitrogen and oxygen atoms in total. The summed E-state index contributed by atoms with van der Waals surface area (Å²) in [5.41, 5.74) is 0.581. The fourth-order valence-corrected chi connectivity index (χ4v) is 2.65. The molecule has 0 bridgehead atoms. The number of nitrogens with zero attached hydrogens (tertiary/aromatic N) is 1. The van der Waals surface area contributed by atoms with E-state index in [1.165, 1.54) is 0 Å². The number of carbonyl (C=O) groups excluding carboxylic acids is 1. The van der Waals surface area contributed by atoms with Gasteiger partial charge in [0, 0.05) is 29.9 Å². The summed E-state index contributed by atoms with van der Waals surface area (Å²) >= 11 is 3.37. The lowest BCUT2D eigenvalue weighted by Gasteiger charge is -2.35. The fourth-order valence-electron chi connectivity index (χ4n) is 2.32. The van der Waals surface area contributed by atoms with Gasteiger partial charge >= 0.3 is 0 Å². The molecule has 0 spiro atoms. The average molecular weight is 356 g/mol. The molecule has 2 N–H and O–H groups in total. The van der Waals surface area contributed by atoms with Gasteiger partial charge in [0.05, 0.1) is 11.7 Å². The van der Waals surface area contributed by atoms with Gasteiger partial charge in [-0.05, 0) is 48.2 Å². The van der Waals surface area contributed by atoms with Crippen molar-refractivity contribution < 1.29 is 9.53 Å². The largest absolute Gasteiger partial charge is 0.378 e. The second kappa shape index (κ2) is 7.75. The van der Waals surface area contributed by atoms with E-state index in [1.807, 2.05) is 6.92 Å². The Labute approximate surface area is 134 Å². The Bertz CT molecular complexity index is 490. The summed E-state index contributed by atoms with van der Waals surface area (Å²) < 4.78 is 6.31. The normalized spacial score (nSPS) is 20.7. The molecule has 21 heavy (non-hydrogen) atoms. The first-order valence-electron chi connectivity index (χ1n) is 7.45. The monoisotopic (exact) mass is 355 g/mol. The van der Waals surface area contributed by atoms with Crippen LogP contribution >= 0.6 is 15.9 Å². The van der Waals surface area contributed by atoms with Gasteiger partial charge in [-0.1, -0.05) is 6.92 Å². The Balaban J connectivity index is 1.96. The zero-order valence-corrected chi connectivity index (χ0v) is 14.1. The molecule has 0 aliphatic heterocycles. The molecule has 1 heterocycles. The lowest BCUT2D eigenvalue weighted by molar-refractivity contribution is -0.00862. The van der Waals surface area contributed by atoms with Gasteiger partial charge in [0.15, 0.2) is 0 Å². The van der Waals surface area contributed by atoms with E-state index in [4.69, 9.17) is 4.74 Å². The van der Waals surface area contributed by atoms with Crippen LogP contribution in [0, 0.1) is 0 Å². The van der Waals surface area contributed by atoms with Crippen LogP contribution in [0.5, 0.6) is 0 Å². The van der Waals surface area contributed by atoms with Crippen LogP contribution < -0.4 is 10.6 Å². The van der Waals surface area contributed by atoms with Gasteiger partial charge in [-0.3, -0.25) is 4.79 Å². The van der Waals surface area contributed by atoms with Crippen LogP contribution in [0.2, 0.25) is 0 Å². The first kappa shape index (κ1) is 16.2. The van der Waals surface area contributed by atoms with E-state index >= 15 is 0 Å². The summed E-state index contributed by atoms with van der Waals surface area (Å²) in [6.45, 7) is 5.59. The smallest absolute Gasteiger partial charge is 0.255 e. The quantitative estimate of drug-likeness (QED) is 0.789. The standard InChI is InChI=1S/C15H22BrN3O2/c1-3-5-17-14-13(6-10(16)9-18-14)15(20)19-11-7-12(8-11)21-4-2/h6,9,11-12H,3-5,7-8H2,1-2H3,(H,17,18)(H,19,20). The number of ether oxygens (including phenoxy) is 1. The Morgan fingerprint density at radius 1 is 1.48 bits per heavy atom. The van der Waals surface area contributed by atoms with Crippen molar-refractivity contribution in [3.63, 3.8) is 0 Å². The molecule has 1 aromatic heterocycles. The van der Waals surface area contributed by atoms with Crippen LogP contribution in [0.3, 0.4) is 0 Å². The van der Waals surface area contributed by atoms with E-state index < -0.39 is 0 Å². The van der Waals surface area contributed by atoms with E-state index in [0.29, 0.717) is 17.5 Å². The molecule has 1 amide bonds. The number of carbonyl (C=O) groups is 1. The Hall–Kier alpha value is -1.14. The van der Waals surface area contributed by atoms with Gasteiger partial charge in [0.1, 0.15) is 5.82 Å². The van der Waals surface area contributed by atoms with E-state index in [2.05, 4.69) is 38.5 Å². The van der Waals surface area contributed by atoms with E-state index in [-0.39, 0.29) is 11.9 Å². The maximum absolute atomic E-state index is 12.4. The van der Waals surface area contributed by atoms with Crippen LogP contribution in [0.4, 0.5) is 5.82 Å². The average Bonchev–Trinajstić information content (AvgIpc) is 2.43. The second-order valence-corrected chi connectivity index (χ2v) is 6.11. The minimum absolute atomic E-state index is 0.0812. The first-order valence-corrected chi connectivity index (χ1v) is 8.25. The van der Waals surface area contributed by atoms with Gasteiger partial charge in [-0.25, -0.2) is 4.98 Å². The highest BCUT2D eigenvalue weighted by atomic mass is 79.9. The molecule has 0 unspecified atom stereocenters. The maximum Gasteiger partial charge on any atom is 0.255 e. The predicted octanol–water partition coefficient (Wildman–Crippen LogP) is 2.96. The van der Waals surface area contributed by atoms with Gasteiger partial charge in [-0.2, -0.15) is 0 Å². The Morgan fingerprint density at radius 2 is 2.24 bits per heavy atom. The van der Waals surface area contributed by atoms with Crippen molar-refractivity contribution in [1.82, 2.24) is 10.3 Å². The van der Waals surface area contributed by atoms with Crippen molar-refractivity contribution in [1.29, 1.82) is 0 Å². The topological polar surface area (TPSA) is 63.2 Å². The molecule has 1 aromatic rings. The number of aromatic nitrogens is 1. The summed E-state index contributed by atoms with van der Waals surface area (Å²) in [4.78, 5) is 16.7. The molecular formula is C15H22BrN3O2. The third kappa shape index (κ3) is 4.41. The third-order valence-electron chi connectivity index (χ3n) is 3.47. The number of nitrogens with one attached hydrogen (secondary N) is 2. The van der Waals surface area contributed by atoms with Crippen LogP contribution in [-0.2, 0) is 4.74 Å². The molecule has 1 saturated carbocycles. The van der Waals surface area contributed by atoms with Gasteiger partial charge in [0.2, 0.25) is 0 Å². The summed E-state index contributed by atoms with van der Waals surface area (Å²) in [5, 5.41) is 6.24. The van der Waals surface area contributed by atoms with Crippen molar-refractivity contribution in [2.75, 3.05) is 18.5 Å². The zero-order chi connectivity index (χ0) is 15.2. The minimum atomic E-state index is -0.0812. The first-order chi connectivity index (χ1) is 10.1. The number of rotatable bonds is 7. The molecule has 1 aliphatic carbocycles. The molecule has 0 radical (unpaired) electrons. The highest BCUT2D eigenvalue weighted by Gasteiger charge is 2.31. The van der Waals surface area contributed by atoms with Gasteiger partial charge in [0.25, 0.3) is 5.91 Å². The molecule has 6 heteroatoms. The fraction of sp³-hybridized carbons (Fsp3) is 0.600. The zero-order valence-electron chi connectivity index (χ0n) is 12.5. The second-order valence-electron chi connectivity index (χ2n) is 5.20. The number of hydrogen-bond acceptors (Lipinski definition) is 4. The summed E-state index contributed by atoms with van der Waals surface area (Å²) in [7, 11) is 0. The summed E-state index contributed by atoms with van der Waals surface area (Å²) in [5.74, 6) is 0.556. The van der Waals surface area contributed by atoms with Crippen molar-refractivity contribution in [2.24, 2.45) is 0 Å². The SMILES string of the molecule is CCCNc1ncc(Br)cc1C(=O)NC1CC(OCC)C1. The molecule has 1 fully saturated rings. The molecule has 0 atom stereocenters. The Morgan fingerprint density at radius 3 is 2.90 bits per heavy atom.